The fraction of sp³-hybridized carbons (Fsp3) is 0.360. The van der Waals surface area contributed by atoms with Gasteiger partial charge in [-0.2, -0.15) is 5.10 Å². The number of likely N-dealkylation sites (tertiary alicyclic amines) is 1. The van der Waals surface area contributed by atoms with Gasteiger partial charge in [0.2, 0.25) is 0 Å². The van der Waals surface area contributed by atoms with Crippen molar-refractivity contribution < 1.29 is 4.74 Å². The molecular formula is C25H30ClN3O2. The molecule has 0 N–H and O–H groups in total. The third kappa shape index (κ3) is 5.82. The summed E-state index contributed by atoms with van der Waals surface area (Å²) in [5.74, 6) is 0.468. The highest BCUT2D eigenvalue weighted by atomic mass is 35.5. The van der Waals surface area contributed by atoms with Crippen LogP contribution in [0.1, 0.15) is 24.5 Å². The summed E-state index contributed by atoms with van der Waals surface area (Å²) in [7, 11) is 1.78. The summed E-state index contributed by atoms with van der Waals surface area (Å²) in [5.41, 5.74) is 2.87. The first-order valence-corrected chi connectivity index (χ1v) is 10.7. The van der Waals surface area contributed by atoms with Crippen molar-refractivity contribution in [2.75, 3.05) is 26.7 Å². The van der Waals surface area contributed by atoms with Crippen LogP contribution in [0.2, 0.25) is 0 Å². The number of piperidine rings is 1. The number of ether oxygens (including phenoxy) is 1. The second-order valence-corrected chi connectivity index (χ2v) is 7.98. The average Bonchev–Trinajstić information content (AvgIpc) is 2.81. The lowest BCUT2D eigenvalue weighted by molar-refractivity contribution is 0.0488. The summed E-state index contributed by atoms with van der Waals surface area (Å²) >= 11 is 0. The van der Waals surface area contributed by atoms with E-state index in [-0.39, 0.29) is 24.1 Å². The van der Waals surface area contributed by atoms with E-state index in [9.17, 15) is 4.79 Å². The Balaban J connectivity index is 0.00000272. The van der Waals surface area contributed by atoms with Gasteiger partial charge in [0.05, 0.1) is 11.7 Å². The number of aromatic nitrogens is 2. The minimum atomic E-state index is -0.00495. The second kappa shape index (κ2) is 11.2. The topological polar surface area (TPSA) is 47.4 Å². The standard InChI is InChI=1S/C25H29N3O2.ClH/c1-30-24(22-10-6-3-7-11-22)19-27-16-13-20(14-17-27)18-28-25(29)23(12-15-26-28)21-8-4-2-5-9-21;/h2-12,15,20,24H,13-14,16-19H2,1H3;1H/t24-;/m0./s1. The SMILES string of the molecule is CO[C@@H](CN1CCC(Cn2nccc(-c3ccccc3)c2=O)CC1)c1ccccc1.Cl. The van der Waals surface area contributed by atoms with E-state index in [2.05, 4.69) is 34.3 Å². The van der Waals surface area contributed by atoms with E-state index < -0.39 is 0 Å². The van der Waals surface area contributed by atoms with Crippen molar-refractivity contribution in [3.8, 4) is 11.1 Å². The molecule has 6 heteroatoms. The summed E-state index contributed by atoms with van der Waals surface area (Å²) in [6.07, 6.45) is 3.96. The van der Waals surface area contributed by atoms with Crippen LogP contribution in [0.4, 0.5) is 0 Å². The molecule has 1 aromatic heterocycles. The summed E-state index contributed by atoms with van der Waals surface area (Å²) in [4.78, 5) is 15.4. The largest absolute Gasteiger partial charge is 0.375 e. The predicted octanol–water partition coefficient (Wildman–Crippen LogP) is 4.43. The zero-order valence-corrected chi connectivity index (χ0v) is 18.7. The molecule has 1 atom stereocenters. The molecule has 0 unspecified atom stereocenters. The zero-order valence-electron chi connectivity index (χ0n) is 17.9. The van der Waals surface area contributed by atoms with Crippen molar-refractivity contribution in [2.45, 2.75) is 25.5 Å². The van der Waals surface area contributed by atoms with Crippen LogP contribution in [0.5, 0.6) is 0 Å². The van der Waals surface area contributed by atoms with E-state index in [0.29, 0.717) is 18.0 Å². The Labute approximate surface area is 190 Å². The minimum Gasteiger partial charge on any atom is -0.375 e. The molecule has 5 nitrogen and oxygen atoms in total. The second-order valence-electron chi connectivity index (χ2n) is 7.98. The van der Waals surface area contributed by atoms with Gasteiger partial charge in [-0.1, -0.05) is 60.7 Å². The minimum absolute atomic E-state index is 0. The molecule has 0 amide bonds. The van der Waals surface area contributed by atoms with Gasteiger partial charge < -0.3 is 9.64 Å². The van der Waals surface area contributed by atoms with Crippen LogP contribution in [0.15, 0.2) is 77.7 Å². The molecule has 3 aromatic rings. The first kappa shape index (κ1) is 23.2. The van der Waals surface area contributed by atoms with Gasteiger partial charge in [-0.3, -0.25) is 4.79 Å². The Kier molecular flexibility index (Phi) is 8.41. The molecule has 2 aromatic carbocycles. The molecule has 0 bridgehead atoms. The third-order valence-electron chi connectivity index (χ3n) is 6.02. The smallest absolute Gasteiger partial charge is 0.274 e. The molecule has 164 valence electrons. The van der Waals surface area contributed by atoms with Crippen LogP contribution in [0, 0.1) is 5.92 Å². The zero-order chi connectivity index (χ0) is 20.8. The van der Waals surface area contributed by atoms with E-state index in [1.807, 2.05) is 42.5 Å². The van der Waals surface area contributed by atoms with Crippen LogP contribution in [0.25, 0.3) is 11.1 Å². The quantitative estimate of drug-likeness (QED) is 0.546. The van der Waals surface area contributed by atoms with Crippen LogP contribution < -0.4 is 5.56 Å². The molecule has 1 aliphatic heterocycles. The molecule has 1 saturated heterocycles. The number of benzene rings is 2. The van der Waals surface area contributed by atoms with Gasteiger partial charge in [0.15, 0.2) is 0 Å². The monoisotopic (exact) mass is 439 g/mol. The fourth-order valence-corrected chi connectivity index (χ4v) is 4.23. The molecular weight excluding hydrogens is 410 g/mol. The highest BCUT2D eigenvalue weighted by molar-refractivity contribution is 5.85. The molecule has 0 spiro atoms. The Bertz CT molecular complexity index is 986. The van der Waals surface area contributed by atoms with Crippen molar-refractivity contribution in [1.29, 1.82) is 0 Å². The number of halogens is 1. The van der Waals surface area contributed by atoms with Crippen LogP contribution in [0.3, 0.4) is 0 Å². The van der Waals surface area contributed by atoms with Crippen LogP contribution >= 0.6 is 12.4 Å². The predicted molar refractivity (Wildman–Crippen MR) is 127 cm³/mol. The normalized spacial score (nSPS) is 15.9. The Morgan fingerprint density at radius 3 is 2.29 bits per heavy atom. The molecule has 4 rings (SSSR count). The van der Waals surface area contributed by atoms with E-state index >= 15 is 0 Å². The van der Waals surface area contributed by atoms with Gasteiger partial charge in [0.25, 0.3) is 5.56 Å². The molecule has 0 aliphatic carbocycles. The summed E-state index contributed by atoms with van der Waals surface area (Å²) in [5, 5.41) is 4.35. The third-order valence-corrected chi connectivity index (χ3v) is 6.02. The van der Waals surface area contributed by atoms with Crippen molar-refractivity contribution >= 4 is 12.4 Å². The lowest BCUT2D eigenvalue weighted by Crippen LogP contribution is -2.39. The fourth-order valence-electron chi connectivity index (χ4n) is 4.23. The Hall–Kier alpha value is -2.47. The van der Waals surface area contributed by atoms with E-state index in [1.165, 1.54) is 5.56 Å². The van der Waals surface area contributed by atoms with E-state index in [4.69, 9.17) is 4.74 Å². The number of rotatable bonds is 7. The van der Waals surface area contributed by atoms with Gasteiger partial charge in [0.1, 0.15) is 0 Å². The molecule has 2 heterocycles. The van der Waals surface area contributed by atoms with E-state index in [0.717, 1.165) is 38.0 Å². The Morgan fingerprint density at radius 1 is 1.00 bits per heavy atom. The van der Waals surface area contributed by atoms with Crippen molar-refractivity contribution in [2.24, 2.45) is 5.92 Å². The summed E-state index contributed by atoms with van der Waals surface area (Å²) in [6.45, 7) is 3.61. The molecule has 0 radical (unpaired) electrons. The highest BCUT2D eigenvalue weighted by Gasteiger charge is 2.23. The summed E-state index contributed by atoms with van der Waals surface area (Å²) < 4.78 is 7.38. The first-order valence-electron chi connectivity index (χ1n) is 10.7. The molecule has 0 saturated carbocycles. The van der Waals surface area contributed by atoms with Crippen molar-refractivity contribution in [3.05, 3.63) is 88.8 Å². The number of nitrogens with zero attached hydrogens (tertiary/aromatic N) is 3. The Morgan fingerprint density at radius 2 is 1.65 bits per heavy atom. The number of methoxy groups -OCH3 is 1. The summed E-state index contributed by atoms with van der Waals surface area (Å²) in [6, 6.07) is 22.0. The molecule has 1 fully saturated rings. The maximum Gasteiger partial charge on any atom is 0.274 e. The number of hydrogen-bond donors (Lipinski definition) is 0. The van der Waals surface area contributed by atoms with Gasteiger partial charge in [0, 0.05) is 26.4 Å². The van der Waals surface area contributed by atoms with Gasteiger partial charge >= 0.3 is 0 Å². The molecule has 1 aliphatic rings. The van der Waals surface area contributed by atoms with Crippen LogP contribution in [-0.4, -0.2) is 41.4 Å². The highest BCUT2D eigenvalue weighted by Crippen LogP contribution is 2.23. The first-order chi connectivity index (χ1) is 14.7. The van der Waals surface area contributed by atoms with Crippen molar-refractivity contribution in [1.82, 2.24) is 14.7 Å². The lowest BCUT2D eigenvalue weighted by Gasteiger charge is -2.34. The van der Waals surface area contributed by atoms with Gasteiger partial charge in [-0.05, 0) is 49.0 Å². The van der Waals surface area contributed by atoms with Gasteiger partial charge in [-0.25, -0.2) is 4.68 Å². The van der Waals surface area contributed by atoms with Crippen LogP contribution in [-0.2, 0) is 11.3 Å². The molecule has 31 heavy (non-hydrogen) atoms. The van der Waals surface area contributed by atoms with E-state index in [1.54, 1.807) is 18.0 Å². The number of hydrogen-bond acceptors (Lipinski definition) is 4. The maximum atomic E-state index is 12.9. The van der Waals surface area contributed by atoms with Crippen molar-refractivity contribution in [3.63, 3.8) is 0 Å². The maximum absolute atomic E-state index is 12.9. The lowest BCUT2D eigenvalue weighted by atomic mass is 9.96. The average molecular weight is 440 g/mol. The van der Waals surface area contributed by atoms with Gasteiger partial charge in [-0.15, -0.1) is 12.4 Å².